The molecule has 1 N–H and O–H groups in total. The van der Waals surface area contributed by atoms with Crippen LogP contribution in [0.1, 0.15) is 37.8 Å². The number of urea groups is 1. The molecule has 1 fully saturated rings. The van der Waals surface area contributed by atoms with Gasteiger partial charge in [0.25, 0.3) is 0 Å². The zero-order chi connectivity index (χ0) is 19.1. The largest absolute Gasteiger partial charge is 0.496 e. The first-order valence-electron chi connectivity index (χ1n) is 9.45. The van der Waals surface area contributed by atoms with Crippen LogP contribution < -0.4 is 10.1 Å². The van der Waals surface area contributed by atoms with Gasteiger partial charge in [-0.2, -0.15) is 0 Å². The number of likely N-dealkylation sites (tertiary alicyclic amines) is 1. The molecule has 0 radical (unpaired) electrons. The van der Waals surface area contributed by atoms with E-state index in [0.29, 0.717) is 19.6 Å². The van der Waals surface area contributed by atoms with Gasteiger partial charge in [0.1, 0.15) is 5.75 Å². The lowest BCUT2D eigenvalue weighted by Crippen LogP contribution is -2.48. The Morgan fingerprint density at radius 3 is 2.46 bits per heavy atom. The van der Waals surface area contributed by atoms with Crippen LogP contribution in [-0.4, -0.2) is 55.0 Å². The molecule has 0 aliphatic carbocycles. The topological polar surface area (TPSA) is 61.9 Å². The lowest BCUT2D eigenvalue weighted by Gasteiger charge is -2.34. The molecule has 26 heavy (non-hydrogen) atoms. The van der Waals surface area contributed by atoms with Gasteiger partial charge < -0.3 is 19.9 Å². The van der Waals surface area contributed by atoms with Crippen molar-refractivity contribution in [3.8, 4) is 5.75 Å². The molecule has 144 valence electrons. The van der Waals surface area contributed by atoms with Crippen LogP contribution in [-0.2, 0) is 11.3 Å². The SMILES string of the molecule is CCN(CC)C(=O)N1CCC(C(=O)NCc2ccc(C)c(OC)c2)CC1. The molecule has 1 aromatic carbocycles. The number of nitrogens with zero attached hydrogens (tertiary/aromatic N) is 2. The van der Waals surface area contributed by atoms with E-state index < -0.39 is 0 Å². The molecule has 0 unspecified atom stereocenters. The summed E-state index contributed by atoms with van der Waals surface area (Å²) in [6.07, 6.45) is 1.44. The highest BCUT2D eigenvalue weighted by Crippen LogP contribution is 2.21. The van der Waals surface area contributed by atoms with Crippen LogP contribution in [0.4, 0.5) is 4.79 Å². The van der Waals surface area contributed by atoms with E-state index in [1.54, 1.807) is 7.11 Å². The summed E-state index contributed by atoms with van der Waals surface area (Å²) < 4.78 is 5.33. The van der Waals surface area contributed by atoms with E-state index in [4.69, 9.17) is 4.74 Å². The van der Waals surface area contributed by atoms with E-state index in [-0.39, 0.29) is 17.9 Å². The molecule has 0 saturated carbocycles. The number of methoxy groups -OCH3 is 1. The summed E-state index contributed by atoms with van der Waals surface area (Å²) in [7, 11) is 1.65. The van der Waals surface area contributed by atoms with Gasteiger partial charge in [0.15, 0.2) is 0 Å². The second-order valence-corrected chi connectivity index (χ2v) is 6.74. The number of hydrogen-bond donors (Lipinski definition) is 1. The molecule has 6 nitrogen and oxygen atoms in total. The molecular formula is C20H31N3O3. The Balaban J connectivity index is 1.82. The average molecular weight is 361 g/mol. The van der Waals surface area contributed by atoms with Crippen LogP contribution in [0.2, 0.25) is 0 Å². The Morgan fingerprint density at radius 1 is 1.23 bits per heavy atom. The minimum absolute atomic E-state index is 0.0249. The summed E-state index contributed by atoms with van der Waals surface area (Å²) in [4.78, 5) is 28.5. The van der Waals surface area contributed by atoms with Crippen molar-refractivity contribution in [1.29, 1.82) is 0 Å². The molecule has 0 aromatic heterocycles. The molecule has 1 heterocycles. The van der Waals surface area contributed by atoms with Gasteiger partial charge in [-0.15, -0.1) is 0 Å². The summed E-state index contributed by atoms with van der Waals surface area (Å²) in [6, 6.07) is 6.04. The molecule has 1 aromatic rings. The molecule has 3 amide bonds. The van der Waals surface area contributed by atoms with Gasteiger partial charge in [0.05, 0.1) is 7.11 Å². The van der Waals surface area contributed by atoms with Crippen LogP contribution in [0.15, 0.2) is 18.2 Å². The first-order chi connectivity index (χ1) is 12.5. The Hall–Kier alpha value is -2.24. The van der Waals surface area contributed by atoms with Crippen LogP contribution in [0.3, 0.4) is 0 Å². The molecule has 2 rings (SSSR count). The number of amides is 3. The minimum atomic E-state index is -0.0249. The summed E-state index contributed by atoms with van der Waals surface area (Å²) in [5, 5.41) is 3.02. The zero-order valence-corrected chi connectivity index (χ0v) is 16.4. The van der Waals surface area contributed by atoms with E-state index in [0.717, 1.165) is 42.8 Å². The van der Waals surface area contributed by atoms with Gasteiger partial charge in [-0.25, -0.2) is 4.79 Å². The molecule has 0 atom stereocenters. The van der Waals surface area contributed by atoms with Gasteiger partial charge in [-0.05, 0) is 50.8 Å². The fraction of sp³-hybridized carbons (Fsp3) is 0.600. The fourth-order valence-electron chi connectivity index (χ4n) is 3.33. The Labute approximate surface area is 156 Å². The van der Waals surface area contributed by atoms with Gasteiger partial charge in [-0.3, -0.25) is 4.79 Å². The Bertz CT molecular complexity index is 621. The number of aryl methyl sites for hydroxylation is 1. The van der Waals surface area contributed by atoms with Crippen molar-refractivity contribution < 1.29 is 14.3 Å². The zero-order valence-electron chi connectivity index (χ0n) is 16.4. The lowest BCUT2D eigenvalue weighted by atomic mass is 9.96. The van der Waals surface area contributed by atoms with E-state index in [2.05, 4.69) is 5.32 Å². The summed E-state index contributed by atoms with van der Waals surface area (Å²) in [6.45, 7) is 9.19. The van der Waals surface area contributed by atoms with Crippen molar-refractivity contribution in [3.05, 3.63) is 29.3 Å². The van der Waals surface area contributed by atoms with Crippen molar-refractivity contribution >= 4 is 11.9 Å². The average Bonchev–Trinajstić information content (AvgIpc) is 2.68. The summed E-state index contributed by atoms with van der Waals surface area (Å²) >= 11 is 0. The number of carbonyl (C=O) groups excluding carboxylic acids is 2. The Morgan fingerprint density at radius 2 is 1.88 bits per heavy atom. The number of rotatable bonds is 6. The predicted molar refractivity (Wildman–Crippen MR) is 102 cm³/mol. The summed E-state index contributed by atoms with van der Waals surface area (Å²) in [5.41, 5.74) is 2.10. The molecular weight excluding hydrogens is 330 g/mol. The minimum Gasteiger partial charge on any atom is -0.496 e. The smallest absolute Gasteiger partial charge is 0.319 e. The molecule has 6 heteroatoms. The number of carbonyl (C=O) groups is 2. The van der Waals surface area contributed by atoms with Crippen LogP contribution in [0.25, 0.3) is 0 Å². The number of hydrogen-bond acceptors (Lipinski definition) is 3. The standard InChI is InChI=1S/C20H31N3O3/c1-5-22(6-2)20(25)23-11-9-17(10-12-23)19(24)21-14-16-8-7-15(3)18(13-16)26-4/h7-8,13,17H,5-6,9-12,14H2,1-4H3,(H,21,24). The van der Waals surface area contributed by atoms with Crippen molar-refractivity contribution in [2.45, 2.75) is 40.2 Å². The maximum Gasteiger partial charge on any atom is 0.319 e. The van der Waals surface area contributed by atoms with Crippen LogP contribution in [0, 0.1) is 12.8 Å². The van der Waals surface area contributed by atoms with Crippen molar-refractivity contribution in [3.63, 3.8) is 0 Å². The highest BCUT2D eigenvalue weighted by Gasteiger charge is 2.28. The highest BCUT2D eigenvalue weighted by atomic mass is 16.5. The lowest BCUT2D eigenvalue weighted by molar-refractivity contribution is -0.126. The monoisotopic (exact) mass is 361 g/mol. The number of piperidine rings is 1. The summed E-state index contributed by atoms with van der Waals surface area (Å²) in [5.74, 6) is 0.877. The maximum absolute atomic E-state index is 12.5. The third-order valence-electron chi connectivity index (χ3n) is 5.11. The predicted octanol–water partition coefficient (Wildman–Crippen LogP) is 2.79. The van der Waals surface area contributed by atoms with Gasteiger partial charge >= 0.3 is 6.03 Å². The van der Waals surface area contributed by atoms with Crippen LogP contribution >= 0.6 is 0 Å². The first kappa shape index (κ1) is 20.1. The van der Waals surface area contributed by atoms with Crippen molar-refractivity contribution in [1.82, 2.24) is 15.1 Å². The quantitative estimate of drug-likeness (QED) is 0.847. The van der Waals surface area contributed by atoms with E-state index >= 15 is 0 Å². The maximum atomic E-state index is 12.5. The van der Waals surface area contributed by atoms with E-state index in [1.807, 2.05) is 48.8 Å². The first-order valence-corrected chi connectivity index (χ1v) is 9.45. The molecule has 1 saturated heterocycles. The van der Waals surface area contributed by atoms with E-state index in [9.17, 15) is 9.59 Å². The van der Waals surface area contributed by atoms with Crippen molar-refractivity contribution in [2.24, 2.45) is 5.92 Å². The number of benzene rings is 1. The van der Waals surface area contributed by atoms with Crippen LogP contribution in [0.5, 0.6) is 5.75 Å². The number of nitrogens with one attached hydrogen (secondary N) is 1. The molecule has 1 aliphatic heterocycles. The van der Waals surface area contributed by atoms with Crippen molar-refractivity contribution in [2.75, 3.05) is 33.3 Å². The fourth-order valence-corrected chi connectivity index (χ4v) is 3.33. The highest BCUT2D eigenvalue weighted by molar-refractivity contribution is 5.79. The molecule has 1 aliphatic rings. The normalized spacial score (nSPS) is 14.8. The van der Waals surface area contributed by atoms with Gasteiger partial charge in [0, 0.05) is 38.6 Å². The molecule has 0 spiro atoms. The third kappa shape index (κ3) is 4.90. The third-order valence-corrected chi connectivity index (χ3v) is 5.11. The van der Waals surface area contributed by atoms with E-state index in [1.165, 1.54) is 0 Å². The second kappa shape index (κ2) is 9.46. The number of ether oxygens (including phenoxy) is 1. The van der Waals surface area contributed by atoms with Gasteiger partial charge in [-0.1, -0.05) is 12.1 Å². The van der Waals surface area contributed by atoms with Gasteiger partial charge in [0.2, 0.25) is 5.91 Å². The Kier molecular flexibility index (Phi) is 7.30. The second-order valence-electron chi connectivity index (χ2n) is 6.74. The molecule has 0 bridgehead atoms.